The summed E-state index contributed by atoms with van der Waals surface area (Å²) in [6, 6.07) is 12.2. The standard InChI is InChI=1S/C23H25N5O5/c1-2-23(17-9-5-3-6-10-17)21(30)27(22(31)24-23)25-20(29)16-11-12-18(19(15-16)28(32)33)26-13-7-4-8-14-26/h3,5-6,9-12,15H,2,4,7-8,13-14H2,1H3,(H,24,31)(H,25,29)/t23-/m1/s1. The number of hydrogen-bond acceptors (Lipinski definition) is 6. The lowest BCUT2D eigenvalue weighted by Crippen LogP contribution is -2.48. The highest BCUT2D eigenvalue weighted by atomic mass is 16.6. The molecule has 2 fully saturated rings. The second kappa shape index (κ2) is 8.89. The van der Waals surface area contributed by atoms with E-state index in [-0.39, 0.29) is 17.7 Å². The van der Waals surface area contributed by atoms with E-state index in [0.29, 0.717) is 29.3 Å². The highest BCUT2D eigenvalue weighted by molar-refractivity contribution is 6.09. The number of amides is 4. The van der Waals surface area contributed by atoms with Crippen LogP contribution in [0, 0.1) is 10.1 Å². The zero-order chi connectivity index (χ0) is 23.6. The first-order valence-electron chi connectivity index (χ1n) is 10.9. The molecular formula is C23H25N5O5. The second-order valence-electron chi connectivity index (χ2n) is 8.14. The first-order chi connectivity index (χ1) is 15.9. The molecule has 0 aromatic heterocycles. The lowest BCUT2D eigenvalue weighted by Gasteiger charge is -2.28. The third kappa shape index (κ3) is 3.99. The molecule has 2 aliphatic rings. The van der Waals surface area contributed by atoms with Gasteiger partial charge in [0, 0.05) is 24.7 Å². The number of rotatable bonds is 6. The van der Waals surface area contributed by atoms with Gasteiger partial charge in [-0.3, -0.25) is 25.1 Å². The summed E-state index contributed by atoms with van der Waals surface area (Å²) < 4.78 is 0. The first-order valence-corrected chi connectivity index (χ1v) is 10.9. The molecular weight excluding hydrogens is 426 g/mol. The van der Waals surface area contributed by atoms with Crippen LogP contribution in [0.4, 0.5) is 16.2 Å². The summed E-state index contributed by atoms with van der Waals surface area (Å²) in [4.78, 5) is 51.8. The quantitative estimate of drug-likeness (QED) is 0.395. The van der Waals surface area contributed by atoms with Gasteiger partial charge in [0.15, 0.2) is 0 Å². The molecule has 0 bridgehead atoms. The van der Waals surface area contributed by atoms with E-state index >= 15 is 0 Å². The summed E-state index contributed by atoms with van der Waals surface area (Å²) in [7, 11) is 0. The SMILES string of the molecule is CC[C@]1(c2ccccc2)NC(=O)N(NC(=O)c2ccc(N3CCCCC3)c([N+](=O)[O-])c2)C1=O. The number of piperidine rings is 1. The molecule has 2 aromatic rings. The number of carbonyl (C=O) groups excluding carboxylic acids is 3. The Kier molecular flexibility index (Phi) is 5.99. The van der Waals surface area contributed by atoms with E-state index < -0.39 is 28.3 Å². The Morgan fingerprint density at radius 1 is 1.12 bits per heavy atom. The van der Waals surface area contributed by atoms with Gasteiger partial charge in [-0.05, 0) is 43.4 Å². The number of hydrogen-bond donors (Lipinski definition) is 2. The maximum atomic E-state index is 13.2. The van der Waals surface area contributed by atoms with Crippen molar-refractivity contribution < 1.29 is 19.3 Å². The number of benzene rings is 2. The fourth-order valence-corrected chi connectivity index (χ4v) is 4.42. The van der Waals surface area contributed by atoms with Crippen molar-refractivity contribution in [3.63, 3.8) is 0 Å². The van der Waals surface area contributed by atoms with Crippen LogP contribution in [0.5, 0.6) is 0 Å². The first kappa shape index (κ1) is 22.3. The summed E-state index contributed by atoms with van der Waals surface area (Å²) in [6.45, 7) is 3.19. The van der Waals surface area contributed by atoms with Crippen molar-refractivity contribution in [1.29, 1.82) is 0 Å². The fraction of sp³-hybridized carbons (Fsp3) is 0.348. The average Bonchev–Trinajstić information content (AvgIpc) is 3.09. The maximum absolute atomic E-state index is 13.2. The Morgan fingerprint density at radius 2 is 1.82 bits per heavy atom. The molecule has 0 radical (unpaired) electrons. The van der Waals surface area contributed by atoms with Crippen LogP contribution in [0.2, 0.25) is 0 Å². The van der Waals surface area contributed by atoms with Crippen molar-refractivity contribution in [2.24, 2.45) is 0 Å². The Morgan fingerprint density at radius 3 is 2.45 bits per heavy atom. The lowest BCUT2D eigenvalue weighted by atomic mass is 9.87. The van der Waals surface area contributed by atoms with Gasteiger partial charge in [-0.2, -0.15) is 5.01 Å². The van der Waals surface area contributed by atoms with Crippen molar-refractivity contribution in [1.82, 2.24) is 15.8 Å². The van der Waals surface area contributed by atoms with Gasteiger partial charge in [0.1, 0.15) is 11.2 Å². The topological polar surface area (TPSA) is 125 Å². The van der Waals surface area contributed by atoms with Gasteiger partial charge >= 0.3 is 6.03 Å². The number of nitro benzene ring substituents is 1. The predicted molar refractivity (Wildman–Crippen MR) is 120 cm³/mol. The summed E-state index contributed by atoms with van der Waals surface area (Å²) in [5.74, 6) is -1.40. The van der Waals surface area contributed by atoms with Gasteiger partial charge in [-0.1, -0.05) is 37.3 Å². The van der Waals surface area contributed by atoms with Crippen molar-refractivity contribution >= 4 is 29.2 Å². The molecule has 0 unspecified atom stereocenters. The molecule has 10 heteroatoms. The van der Waals surface area contributed by atoms with Crippen LogP contribution in [0.1, 0.15) is 48.5 Å². The van der Waals surface area contributed by atoms with Crippen molar-refractivity contribution in [2.45, 2.75) is 38.1 Å². The van der Waals surface area contributed by atoms with Crippen molar-refractivity contribution in [2.75, 3.05) is 18.0 Å². The number of nitro groups is 1. The van der Waals surface area contributed by atoms with E-state index in [9.17, 15) is 24.5 Å². The van der Waals surface area contributed by atoms with Gasteiger partial charge in [0.25, 0.3) is 17.5 Å². The Labute approximate surface area is 190 Å². The minimum atomic E-state index is -1.30. The number of imide groups is 1. The third-order valence-corrected chi connectivity index (χ3v) is 6.23. The lowest BCUT2D eigenvalue weighted by molar-refractivity contribution is -0.384. The molecule has 0 saturated carbocycles. The largest absolute Gasteiger partial charge is 0.366 e. The molecule has 33 heavy (non-hydrogen) atoms. The van der Waals surface area contributed by atoms with E-state index in [1.54, 1.807) is 43.3 Å². The minimum absolute atomic E-state index is 0.0169. The van der Waals surface area contributed by atoms with Crippen LogP contribution in [0.25, 0.3) is 0 Å². The molecule has 10 nitrogen and oxygen atoms in total. The fourth-order valence-electron chi connectivity index (χ4n) is 4.42. The highest BCUT2D eigenvalue weighted by Gasteiger charge is 2.52. The van der Waals surface area contributed by atoms with E-state index in [4.69, 9.17) is 0 Å². The number of nitrogens with zero attached hydrogens (tertiary/aromatic N) is 3. The number of urea groups is 1. The van der Waals surface area contributed by atoms with Gasteiger partial charge < -0.3 is 10.2 Å². The normalized spacial score (nSPS) is 20.5. The monoisotopic (exact) mass is 451 g/mol. The molecule has 2 aromatic carbocycles. The number of hydrazine groups is 1. The van der Waals surface area contributed by atoms with Crippen LogP contribution < -0.4 is 15.6 Å². The predicted octanol–water partition coefficient (Wildman–Crippen LogP) is 3.09. The number of nitrogens with one attached hydrogen (secondary N) is 2. The maximum Gasteiger partial charge on any atom is 0.344 e. The molecule has 0 spiro atoms. The zero-order valence-corrected chi connectivity index (χ0v) is 18.2. The summed E-state index contributed by atoms with van der Waals surface area (Å²) in [6.07, 6.45) is 3.27. The molecule has 172 valence electrons. The summed E-state index contributed by atoms with van der Waals surface area (Å²) in [5.41, 5.74) is 1.88. The van der Waals surface area contributed by atoms with E-state index in [2.05, 4.69) is 10.7 Å². The van der Waals surface area contributed by atoms with E-state index in [0.717, 1.165) is 19.3 Å². The van der Waals surface area contributed by atoms with Crippen LogP contribution in [-0.4, -0.2) is 40.9 Å². The van der Waals surface area contributed by atoms with Crippen LogP contribution in [0.15, 0.2) is 48.5 Å². The second-order valence-corrected chi connectivity index (χ2v) is 8.14. The van der Waals surface area contributed by atoms with Gasteiger partial charge in [-0.15, -0.1) is 0 Å². The molecule has 2 heterocycles. The van der Waals surface area contributed by atoms with E-state index in [1.807, 2.05) is 4.90 Å². The molecule has 2 saturated heterocycles. The van der Waals surface area contributed by atoms with Gasteiger partial charge in [0.05, 0.1) is 4.92 Å². The van der Waals surface area contributed by atoms with Crippen LogP contribution in [0.3, 0.4) is 0 Å². The molecule has 2 aliphatic heterocycles. The van der Waals surface area contributed by atoms with Crippen LogP contribution >= 0.6 is 0 Å². The van der Waals surface area contributed by atoms with Gasteiger partial charge in [0.2, 0.25) is 0 Å². The van der Waals surface area contributed by atoms with Gasteiger partial charge in [-0.25, -0.2) is 4.79 Å². The molecule has 4 rings (SSSR count). The Bertz CT molecular complexity index is 1100. The molecule has 4 amide bonds. The smallest absolute Gasteiger partial charge is 0.344 e. The summed E-state index contributed by atoms with van der Waals surface area (Å²) >= 11 is 0. The molecule has 2 N–H and O–H groups in total. The Balaban J connectivity index is 1.58. The highest BCUT2D eigenvalue weighted by Crippen LogP contribution is 2.33. The van der Waals surface area contributed by atoms with Crippen LogP contribution in [-0.2, 0) is 10.3 Å². The van der Waals surface area contributed by atoms with Crippen molar-refractivity contribution in [3.8, 4) is 0 Å². The van der Waals surface area contributed by atoms with Crippen molar-refractivity contribution in [3.05, 3.63) is 69.8 Å². The zero-order valence-electron chi connectivity index (χ0n) is 18.2. The average molecular weight is 451 g/mol. The molecule has 0 aliphatic carbocycles. The Hall–Kier alpha value is -3.95. The van der Waals surface area contributed by atoms with E-state index in [1.165, 1.54) is 12.1 Å². The molecule has 1 atom stereocenters. The minimum Gasteiger partial charge on any atom is -0.366 e. The number of anilines is 1. The third-order valence-electron chi connectivity index (χ3n) is 6.23. The summed E-state index contributed by atoms with van der Waals surface area (Å²) in [5, 5.41) is 15.0. The number of carbonyl (C=O) groups is 3.